The molecule has 0 unspecified atom stereocenters. The number of thiazole rings is 1. The first-order valence-corrected chi connectivity index (χ1v) is 8.38. The number of rotatable bonds is 4. The second-order valence-electron chi connectivity index (χ2n) is 5.50. The van der Waals surface area contributed by atoms with Crippen LogP contribution in [-0.2, 0) is 11.2 Å². The third kappa shape index (κ3) is 2.86. The number of benzene rings is 1. The first-order valence-electron chi connectivity index (χ1n) is 7.56. The van der Waals surface area contributed by atoms with Gasteiger partial charge < -0.3 is 0 Å². The van der Waals surface area contributed by atoms with Crippen molar-refractivity contribution in [3.05, 3.63) is 34.7 Å². The summed E-state index contributed by atoms with van der Waals surface area (Å²) in [6.45, 7) is 5.08. The summed E-state index contributed by atoms with van der Waals surface area (Å²) in [5.74, 6) is 0.202. The van der Waals surface area contributed by atoms with E-state index in [4.69, 9.17) is 4.98 Å². The van der Waals surface area contributed by atoms with Gasteiger partial charge in [-0.2, -0.15) is 0 Å². The van der Waals surface area contributed by atoms with Crippen LogP contribution in [0.15, 0.2) is 24.3 Å². The van der Waals surface area contributed by atoms with Crippen LogP contribution in [0.2, 0.25) is 0 Å². The molecule has 0 spiro atoms. The van der Waals surface area contributed by atoms with Crippen LogP contribution in [0.1, 0.15) is 36.6 Å². The van der Waals surface area contributed by atoms with E-state index < -0.39 is 0 Å². The Bertz CT molecular complexity index is 645. The van der Waals surface area contributed by atoms with Crippen LogP contribution in [0.3, 0.4) is 0 Å². The zero-order valence-corrected chi connectivity index (χ0v) is 13.4. The molecule has 110 valence electrons. The Morgan fingerprint density at radius 3 is 2.67 bits per heavy atom. The van der Waals surface area contributed by atoms with Crippen molar-refractivity contribution in [1.29, 1.82) is 0 Å². The highest BCUT2D eigenvalue weighted by Crippen LogP contribution is 2.34. The quantitative estimate of drug-likeness (QED) is 0.848. The molecular weight excluding hydrogens is 280 g/mol. The number of amides is 1. The lowest BCUT2D eigenvalue weighted by Gasteiger charge is -2.10. The number of hydrogen-bond acceptors (Lipinski definition) is 3. The van der Waals surface area contributed by atoms with E-state index in [9.17, 15) is 4.79 Å². The Balaban J connectivity index is 1.88. The van der Waals surface area contributed by atoms with Crippen LogP contribution in [0.4, 0.5) is 5.13 Å². The molecule has 0 bridgehead atoms. The zero-order valence-electron chi connectivity index (χ0n) is 12.6. The van der Waals surface area contributed by atoms with Crippen molar-refractivity contribution in [2.75, 3.05) is 11.4 Å². The molecule has 1 aromatic heterocycles. The monoisotopic (exact) mass is 300 g/mol. The van der Waals surface area contributed by atoms with Crippen molar-refractivity contribution < 1.29 is 4.79 Å². The van der Waals surface area contributed by atoms with Crippen LogP contribution in [0.25, 0.3) is 11.3 Å². The molecule has 1 saturated heterocycles. The molecule has 1 amide bonds. The van der Waals surface area contributed by atoms with Crippen molar-refractivity contribution in [2.24, 2.45) is 0 Å². The van der Waals surface area contributed by atoms with Crippen molar-refractivity contribution in [2.45, 2.75) is 39.5 Å². The average molecular weight is 300 g/mol. The topological polar surface area (TPSA) is 33.2 Å². The van der Waals surface area contributed by atoms with Gasteiger partial charge in [0.15, 0.2) is 5.13 Å². The van der Waals surface area contributed by atoms with Gasteiger partial charge in [-0.05, 0) is 25.3 Å². The van der Waals surface area contributed by atoms with Crippen LogP contribution < -0.4 is 4.90 Å². The van der Waals surface area contributed by atoms with Gasteiger partial charge in [-0.15, -0.1) is 11.3 Å². The number of carbonyl (C=O) groups excluding carboxylic acids is 1. The van der Waals surface area contributed by atoms with E-state index in [-0.39, 0.29) is 5.91 Å². The molecule has 3 nitrogen and oxygen atoms in total. The van der Waals surface area contributed by atoms with Crippen LogP contribution in [-0.4, -0.2) is 17.4 Å². The highest BCUT2D eigenvalue weighted by Gasteiger charge is 2.25. The third-order valence-electron chi connectivity index (χ3n) is 3.86. The Morgan fingerprint density at radius 1 is 1.29 bits per heavy atom. The molecule has 1 aliphatic heterocycles. The predicted molar refractivity (Wildman–Crippen MR) is 87.9 cm³/mol. The summed E-state index contributed by atoms with van der Waals surface area (Å²) < 4.78 is 0. The molecular formula is C17H20N2OS. The molecule has 2 aromatic rings. The van der Waals surface area contributed by atoms with Crippen molar-refractivity contribution >= 4 is 22.4 Å². The third-order valence-corrected chi connectivity index (χ3v) is 4.85. The highest BCUT2D eigenvalue weighted by atomic mass is 32.1. The van der Waals surface area contributed by atoms with Gasteiger partial charge in [0.25, 0.3) is 0 Å². The summed E-state index contributed by atoms with van der Waals surface area (Å²) >= 11 is 1.62. The van der Waals surface area contributed by atoms with E-state index in [0.717, 1.165) is 42.2 Å². The summed E-state index contributed by atoms with van der Waals surface area (Å²) in [5, 5.41) is 0.850. The van der Waals surface area contributed by atoms with Crippen LogP contribution >= 0.6 is 11.3 Å². The number of carbonyl (C=O) groups is 1. The molecule has 1 aliphatic rings. The minimum absolute atomic E-state index is 0.202. The molecule has 21 heavy (non-hydrogen) atoms. The maximum Gasteiger partial charge on any atom is 0.228 e. The molecule has 0 atom stereocenters. The lowest BCUT2D eigenvalue weighted by atomic mass is 10.1. The predicted octanol–water partition coefficient (Wildman–Crippen LogP) is 4.20. The minimum Gasteiger partial charge on any atom is -0.288 e. The van der Waals surface area contributed by atoms with Gasteiger partial charge in [0.05, 0.1) is 5.69 Å². The van der Waals surface area contributed by atoms with Crippen LogP contribution in [0.5, 0.6) is 0 Å². The lowest BCUT2D eigenvalue weighted by molar-refractivity contribution is -0.117. The molecule has 0 radical (unpaired) electrons. The van der Waals surface area contributed by atoms with Gasteiger partial charge in [-0.3, -0.25) is 9.69 Å². The van der Waals surface area contributed by atoms with Gasteiger partial charge in [-0.1, -0.05) is 37.6 Å². The first-order chi connectivity index (χ1) is 10.2. The van der Waals surface area contributed by atoms with Crippen molar-refractivity contribution in [1.82, 2.24) is 4.98 Å². The molecule has 3 rings (SSSR count). The van der Waals surface area contributed by atoms with E-state index in [1.807, 2.05) is 4.90 Å². The second kappa shape index (κ2) is 5.98. The Morgan fingerprint density at radius 2 is 2.05 bits per heavy atom. The molecule has 2 heterocycles. The number of aromatic nitrogens is 1. The summed E-state index contributed by atoms with van der Waals surface area (Å²) in [6.07, 6.45) is 3.87. The maximum absolute atomic E-state index is 11.8. The van der Waals surface area contributed by atoms with E-state index in [0.29, 0.717) is 6.42 Å². The average Bonchev–Trinajstić information content (AvgIpc) is 3.06. The number of anilines is 1. The van der Waals surface area contributed by atoms with Gasteiger partial charge in [0.1, 0.15) is 0 Å². The van der Waals surface area contributed by atoms with Crippen LogP contribution in [0, 0.1) is 6.92 Å². The molecule has 4 heteroatoms. The van der Waals surface area contributed by atoms with Gasteiger partial charge in [0, 0.05) is 23.4 Å². The first kappa shape index (κ1) is 14.3. The van der Waals surface area contributed by atoms with Crippen molar-refractivity contribution in [3.8, 4) is 11.3 Å². The normalized spacial score (nSPS) is 15.0. The smallest absolute Gasteiger partial charge is 0.228 e. The van der Waals surface area contributed by atoms with E-state index in [1.54, 1.807) is 11.3 Å². The summed E-state index contributed by atoms with van der Waals surface area (Å²) in [4.78, 5) is 19.6. The maximum atomic E-state index is 11.8. The summed E-state index contributed by atoms with van der Waals surface area (Å²) in [6, 6.07) is 8.64. The van der Waals surface area contributed by atoms with E-state index in [1.165, 1.54) is 10.4 Å². The molecule has 0 aliphatic carbocycles. The number of hydrogen-bond donors (Lipinski definition) is 0. The number of aryl methyl sites for hydroxylation is 2. The fourth-order valence-electron chi connectivity index (χ4n) is 2.73. The van der Waals surface area contributed by atoms with E-state index in [2.05, 4.69) is 38.1 Å². The SMILES string of the molecule is CCCc1ccc(-c2nc(N3CCCC3=O)sc2C)cc1. The zero-order chi connectivity index (χ0) is 14.8. The molecule has 0 N–H and O–H groups in total. The second-order valence-corrected chi connectivity index (χ2v) is 6.68. The highest BCUT2D eigenvalue weighted by molar-refractivity contribution is 7.16. The largest absolute Gasteiger partial charge is 0.288 e. The Labute approximate surface area is 129 Å². The molecule has 0 saturated carbocycles. The van der Waals surface area contributed by atoms with Crippen molar-refractivity contribution in [3.63, 3.8) is 0 Å². The summed E-state index contributed by atoms with van der Waals surface area (Å²) in [7, 11) is 0. The molecule has 1 fully saturated rings. The minimum atomic E-state index is 0.202. The van der Waals surface area contributed by atoms with Gasteiger partial charge in [0.2, 0.25) is 5.91 Å². The number of nitrogens with zero attached hydrogens (tertiary/aromatic N) is 2. The Kier molecular flexibility index (Phi) is 4.06. The van der Waals surface area contributed by atoms with Gasteiger partial charge in [-0.25, -0.2) is 4.98 Å². The summed E-state index contributed by atoms with van der Waals surface area (Å²) in [5.41, 5.74) is 3.52. The van der Waals surface area contributed by atoms with E-state index >= 15 is 0 Å². The van der Waals surface area contributed by atoms with Gasteiger partial charge >= 0.3 is 0 Å². The standard InChI is InChI=1S/C17H20N2OS/c1-3-5-13-7-9-14(10-8-13)16-12(2)21-17(18-16)19-11-4-6-15(19)20/h7-10H,3-6,11H2,1-2H3. The fourth-order valence-corrected chi connectivity index (χ4v) is 3.71. The fraction of sp³-hybridized carbons (Fsp3) is 0.412. The Hall–Kier alpha value is -1.68. The lowest BCUT2D eigenvalue weighted by Crippen LogP contribution is -2.23. The molecule has 1 aromatic carbocycles.